The Hall–Kier alpha value is -2.57. The van der Waals surface area contributed by atoms with Gasteiger partial charge in [-0.2, -0.15) is 4.98 Å². The molecule has 3 heterocycles. The highest BCUT2D eigenvalue weighted by Crippen LogP contribution is 2.37. The molecule has 7 heteroatoms. The van der Waals surface area contributed by atoms with Crippen LogP contribution in [0, 0.1) is 5.82 Å². The molecule has 124 valence electrons. The van der Waals surface area contributed by atoms with Crippen LogP contribution in [0.4, 0.5) is 10.2 Å². The molecule has 0 radical (unpaired) electrons. The van der Waals surface area contributed by atoms with E-state index in [2.05, 4.69) is 25.0 Å². The molecular weight excluding hydrogens is 309 g/mol. The van der Waals surface area contributed by atoms with E-state index in [9.17, 15) is 4.39 Å². The molecule has 3 aromatic rings. The van der Waals surface area contributed by atoms with Crippen molar-refractivity contribution in [3.63, 3.8) is 0 Å². The summed E-state index contributed by atoms with van der Waals surface area (Å²) in [5.41, 5.74) is 0.599. The summed E-state index contributed by atoms with van der Waals surface area (Å²) in [5, 5.41) is 4.58. The van der Waals surface area contributed by atoms with Crippen molar-refractivity contribution >= 4 is 16.7 Å². The fourth-order valence-electron chi connectivity index (χ4n) is 3.18. The van der Waals surface area contributed by atoms with Crippen molar-refractivity contribution in [3.8, 4) is 0 Å². The van der Waals surface area contributed by atoms with Crippen LogP contribution in [-0.4, -0.2) is 26.7 Å². The van der Waals surface area contributed by atoms with Crippen LogP contribution in [0.1, 0.15) is 50.4 Å². The first-order valence-electron chi connectivity index (χ1n) is 8.14. The van der Waals surface area contributed by atoms with Crippen molar-refractivity contribution in [1.82, 2.24) is 20.1 Å². The van der Waals surface area contributed by atoms with E-state index >= 15 is 0 Å². The van der Waals surface area contributed by atoms with E-state index in [0.717, 1.165) is 19.4 Å². The predicted molar refractivity (Wildman–Crippen MR) is 87.2 cm³/mol. The van der Waals surface area contributed by atoms with Gasteiger partial charge in [0, 0.05) is 12.5 Å². The zero-order chi connectivity index (χ0) is 16.7. The van der Waals surface area contributed by atoms with Crippen LogP contribution in [0.2, 0.25) is 0 Å². The van der Waals surface area contributed by atoms with Gasteiger partial charge >= 0.3 is 0 Å². The Labute approximate surface area is 138 Å². The van der Waals surface area contributed by atoms with Crippen molar-refractivity contribution < 1.29 is 8.91 Å². The lowest BCUT2D eigenvalue weighted by molar-refractivity contribution is 0.358. The van der Waals surface area contributed by atoms with Crippen LogP contribution in [0.5, 0.6) is 0 Å². The molecule has 1 saturated heterocycles. The Balaban J connectivity index is 1.78. The van der Waals surface area contributed by atoms with E-state index in [1.165, 1.54) is 12.4 Å². The van der Waals surface area contributed by atoms with E-state index in [1.54, 1.807) is 12.1 Å². The van der Waals surface area contributed by atoms with Gasteiger partial charge in [0.1, 0.15) is 18.0 Å². The second kappa shape index (κ2) is 5.81. The van der Waals surface area contributed by atoms with Gasteiger partial charge in [0.25, 0.3) is 0 Å². The third-order valence-corrected chi connectivity index (χ3v) is 4.37. The largest absolute Gasteiger partial charge is 0.346 e. The van der Waals surface area contributed by atoms with Crippen molar-refractivity contribution in [3.05, 3.63) is 42.1 Å². The fourth-order valence-corrected chi connectivity index (χ4v) is 3.18. The van der Waals surface area contributed by atoms with Crippen LogP contribution in [0.3, 0.4) is 0 Å². The van der Waals surface area contributed by atoms with Crippen molar-refractivity contribution in [1.29, 1.82) is 0 Å². The van der Waals surface area contributed by atoms with Crippen LogP contribution in [0.25, 0.3) is 10.9 Å². The van der Waals surface area contributed by atoms with Gasteiger partial charge in [-0.1, -0.05) is 25.1 Å². The Kier molecular flexibility index (Phi) is 3.63. The molecule has 0 N–H and O–H groups in total. The molecule has 0 amide bonds. The monoisotopic (exact) mass is 327 g/mol. The van der Waals surface area contributed by atoms with E-state index in [-0.39, 0.29) is 17.8 Å². The summed E-state index contributed by atoms with van der Waals surface area (Å²) in [7, 11) is 0. The maximum atomic E-state index is 14.4. The second-order valence-corrected chi connectivity index (χ2v) is 6.33. The Bertz CT molecular complexity index is 873. The molecule has 1 aliphatic rings. The van der Waals surface area contributed by atoms with Gasteiger partial charge in [-0.3, -0.25) is 0 Å². The molecule has 24 heavy (non-hydrogen) atoms. The Morgan fingerprint density at radius 3 is 2.96 bits per heavy atom. The van der Waals surface area contributed by atoms with Crippen LogP contribution in [0.15, 0.2) is 29.0 Å². The highest BCUT2D eigenvalue weighted by molar-refractivity contribution is 5.90. The summed E-state index contributed by atoms with van der Waals surface area (Å²) < 4.78 is 19.7. The molecule has 1 aromatic carbocycles. The summed E-state index contributed by atoms with van der Waals surface area (Å²) >= 11 is 0. The van der Waals surface area contributed by atoms with E-state index < -0.39 is 0 Å². The smallest absolute Gasteiger partial charge is 0.229 e. The van der Waals surface area contributed by atoms with Gasteiger partial charge in [-0.25, -0.2) is 14.4 Å². The van der Waals surface area contributed by atoms with Gasteiger partial charge in [-0.15, -0.1) is 0 Å². The third-order valence-electron chi connectivity index (χ3n) is 4.37. The topological polar surface area (TPSA) is 67.9 Å². The quantitative estimate of drug-likeness (QED) is 0.732. The number of nitrogens with zero attached hydrogens (tertiary/aromatic N) is 5. The molecule has 0 bridgehead atoms. The molecule has 0 saturated carbocycles. The molecule has 4 rings (SSSR count). The average molecular weight is 327 g/mol. The number of anilines is 1. The molecule has 0 aliphatic carbocycles. The second-order valence-electron chi connectivity index (χ2n) is 6.33. The van der Waals surface area contributed by atoms with Crippen LogP contribution >= 0.6 is 0 Å². The molecule has 1 atom stereocenters. The zero-order valence-corrected chi connectivity index (χ0v) is 13.6. The molecule has 2 aromatic heterocycles. The van der Waals surface area contributed by atoms with Crippen molar-refractivity contribution in [2.24, 2.45) is 0 Å². The highest BCUT2D eigenvalue weighted by Gasteiger charge is 2.32. The number of hydrogen-bond acceptors (Lipinski definition) is 6. The highest BCUT2D eigenvalue weighted by atomic mass is 19.1. The maximum absolute atomic E-state index is 14.4. The molecule has 1 fully saturated rings. The van der Waals surface area contributed by atoms with Gasteiger partial charge in [0.15, 0.2) is 5.82 Å². The lowest BCUT2D eigenvalue weighted by Crippen LogP contribution is -2.25. The minimum atomic E-state index is -0.315. The van der Waals surface area contributed by atoms with Gasteiger partial charge in [0.2, 0.25) is 5.89 Å². The molecule has 1 aliphatic heterocycles. The maximum Gasteiger partial charge on any atom is 0.229 e. The summed E-state index contributed by atoms with van der Waals surface area (Å²) in [5.74, 6) is 1.72. The number of rotatable bonds is 3. The minimum Gasteiger partial charge on any atom is -0.346 e. The minimum absolute atomic E-state index is 0.0565. The Morgan fingerprint density at radius 2 is 2.17 bits per heavy atom. The third kappa shape index (κ3) is 2.40. The molecule has 0 spiro atoms. The average Bonchev–Trinajstić information content (AvgIpc) is 3.23. The first-order chi connectivity index (χ1) is 11.6. The van der Waals surface area contributed by atoms with Crippen LogP contribution < -0.4 is 4.90 Å². The standard InChI is InChI=1S/C17H18FN5O/c1-10(2)17-21-15(22-24-17)13-7-4-8-23(13)16-14-11(18)5-3-6-12(14)19-9-20-16/h3,5-6,9-10,13H,4,7-8H2,1-2H3/t13-/m1/s1. The van der Waals surface area contributed by atoms with Crippen molar-refractivity contribution in [2.75, 3.05) is 11.4 Å². The van der Waals surface area contributed by atoms with Crippen LogP contribution in [-0.2, 0) is 0 Å². The zero-order valence-electron chi connectivity index (χ0n) is 13.6. The molecule has 0 unspecified atom stereocenters. The summed E-state index contributed by atoms with van der Waals surface area (Å²) in [6.45, 7) is 4.80. The number of halogens is 1. The van der Waals surface area contributed by atoms with Gasteiger partial charge in [0.05, 0.1) is 16.9 Å². The van der Waals surface area contributed by atoms with E-state index in [0.29, 0.717) is 28.4 Å². The molecular formula is C17H18FN5O. The predicted octanol–water partition coefficient (Wildman–Crippen LogP) is 3.62. The fraction of sp³-hybridized carbons (Fsp3) is 0.412. The lowest BCUT2D eigenvalue weighted by atomic mass is 10.1. The number of benzene rings is 1. The van der Waals surface area contributed by atoms with Gasteiger partial charge in [-0.05, 0) is 25.0 Å². The molecule has 6 nitrogen and oxygen atoms in total. The first kappa shape index (κ1) is 15.0. The summed E-state index contributed by atoms with van der Waals surface area (Å²) in [6, 6.07) is 4.83. The van der Waals surface area contributed by atoms with E-state index in [1.807, 2.05) is 13.8 Å². The number of hydrogen-bond donors (Lipinski definition) is 0. The van der Waals surface area contributed by atoms with Crippen molar-refractivity contribution in [2.45, 2.75) is 38.6 Å². The number of fused-ring (bicyclic) bond motifs is 1. The van der Waals surface area contributed by atoms with E-state index in [4.69, 9.17) is 4.52 Å². The Morgan fingerprint density at radius 1 is 1.29 bits per heavy atom. The summed E-state index contributed by atoms with van der Waals surface area (Å²) in [6.07, 6.45) is 3.33. The normalized spacial score (nSPS) is 18.0. The first-order valence-corrected chi connectivity index (χ1v) is 8.14. The summed E-state index contributed by atoms with van der Waals surface area (Å²) in [4.78, 5) is 15.1. The van der Waals surface area contributed by atoms with Gasteiger partial charge < -0.3 is 9.42 Å². The SMILES string of the molecule is CC(C)c1nc([C@H]2CCCN2c2ncnc3cccc(F)c23)no1. The lowest BCUT2D eigenvalue weighted by Gasteiger charge is -2.24. The number of aromatic nitrogens is 4.